The van der Waals surface area contributed by atoms with Crippen LogP contribution >= 0.6 is 22.6 Å². The quantitative estimate of drug-likeness (QED) is 0.445. The van der Waals surface area contributed by atoms with Crippen LogP contribution in [0.5, 0.6) is 0 Å². The Balaban J connectivity index is 2.88. The van der Waals surface area contributed by atoms with Crippen molar-refractivity contribution in [3.8, 4) is 0 Å². The lowest BCUT2D eigenvalue weighted by atomic mass is 9.82. The van der Waals surface area contributed by atoms with Crippen LogP contribution in [0.2, 0.25) is 0 Å². The minimum Gasteiger partial charge on any atom is -0.390 e. The first-order valence-electron chi connectivity index (χ1n) is 3.86. The number of rotatable bonds is 1. The van der Waals surface area contributed by atoms with E-state index in [-0.39, 0.29) is 11.5 Å². The summed E-state index contributed by atoms with van der Waals surface area (Å²) in [5, 5.41) is 0. The maximum absolute atomic E-state index is 5.27. The molecule has 0 amide bonds. The lowest BCUT2D eigenvalue weighted by molar-refractivity contribution is 0.423. The Morgan fingerprint density at radius 3 is 2.83 bits per heavy atom. The molecule has 0 aromatic heterocycles. The number of aliphatic imine (C=N–C) groups is 1. The van der Waals surface area contributed by atoms with Gasteiger partial charge < -0.3 is 5.73 Å². The van der Waals surface area contributed by atoms with Crippen molar-refractivity contribution in [1.82, 2.24) is 0 Å². The van der Waals surface area contributed by atoms with Crippen molar-refractivity contribution in [3.63, 3.8) is 0 Å². The van der Waals surface area contributed by atoms with Crippen LogP contribution in [-0.4, -0.2) is 12.4 Å². The number of hydrogen-bond donors (Lipinski definition) is 1. The summed E-state index contributed by atoms with van der Waals surface area (Å²) in [7, 11) is 0. The van der Waals surface area contributed by atoms with Gasteiger partial charge in [-0.25, -0.2) is 0 Å². The van der Waals surface area contributed by atoms with Crippen molar-refractivity contribution >= 4 is 28.9 Å². The third kappa shape index (κ3) is 2.09. The van der Waals surface area contributed by atoms with Crippen molar-refractivity contribution in [1.29, 1.82) is 0 Å². The molecule has 2 N–H and O–H groups in total. The molecule has 0 aromatic rings. The maximum atomic E-state index is 5.27. The average Bonchev–Trinajstić information content (AvgIpc) is 1.94. The highest BCUT2D eigenvalue weighted by molar-refractivity contribution is 14.1. The van der Waals surface area contributed by atoms with Gasteiger partial charge in [0.2, 0.25) is 0 Å². The smallest absolute Gasteiger partial charge is 0.0805 e. The van der Waals surface area contributed by atoms with E-state index in [1.807, 2.05) is 0 Å². The van der Waals surface area contributed by atoms with Gasteiger partial charge in [0.25, 0.3) is 0 Å². The first-order chi connectivity index (χ1) is 5.56. The van der Waals surface area contributed by atoms with Gasteiger partial charge in [0.1, 0.15) is 0 Å². The van der Waals surface area contributed by atoms with Gasteiger partial charge in [-0.1, -0.05) is 32.1 Å². The second-order valence-electron chi connectivity index (χ2n) is 3.45. The fraction of sp³-hybridized carbons (Fsp3) is 0.444. The van der Waals surface area contributed by atoms with Gasteiger partial charge in [-0.05, 0) is 22.6 Å². The molecule has 1 aliphatic rings. The minimum absolute atomic E-state index is 0.0845. The molecule has 1 rings (SSSR count). The van der Waals surface area contributed by atoms with Gasteiger partial charge in [-0.15, -0.1) is 0 Å². The molecular formula is C9H13IN2. The zero-order valence-electron chi connectivity index (χ0n) is 7.29. The predicted octanol–water partition coefficient (Wildman–Crippen LogP) is 2.26. The highest BCUT2D eigenvalue weighted by Gasteiger charge is 2.26. The lowest BCUT2D eigenvalue weighted by Gasteiger charge is -2.28. The van der Waals surface area contributed by atoms with Crippen molar-refractivity contribution in [2.45, 2.75) is 19.9 Å². The van der Waals surface area contributed by atoms with E-state index in [4.69, 9.17) is 5.73 Å². The van der Waals surface area contributed by atoms with E-state index in [2.05, 4.69) is 59.7 Å². The molecule has 0 fully saturated rings. The molecule has 66 valence electrons. The number of hydrogen-bond acceptors (Lipinski definition) is 1. The molecule has 0 spiro atoms. The molecule has 12 heavy (non-hydrogen) atoms. The van der Waals surface area contributed by atoms with Crippen molar-refractivity contribution in [2.75, 3.05) is 0 Å². The van der Waals surface area contributed by atoms with Gasteiger partial charge in [0.05, 0.1) is 12.4 Å². The maximum Gasteiger partial charge on any atom is 0.0805 e. The second kappa shape index (κ2) is 3.60. The van der Waals surface area contributed by atoms with Crippen LogP contribution < -0.4 is 5.73 Å². The molecule has 1 aliphatic carbocycles. The SMILES string of the molecule is CC1(C)C=C(I)C=CC1N=CN. The second-order valence-corrected chi connectivity index (χ2v) is 4.70. The molecular weight excluding hydrogens is 263 g/mol. The first kappa shape index (κ1) is 9.77. The molecule has 1 atom stereocenters. The van der Waals surface area contributed by atoms with E-state index in [9.17, 15) is 0 Å². The Morgan fingerprint density at radius 2 is 2.33 bits per heavy atom. The summed E-state index contributed by atoms with van der Waals surface area (Å²) in [6.07, 6.45) is 7.75. The summed E-state index contributed by atoms with van der Waals surface area (Å²) in [5.74, 6) is 0. The van der Waals surface area contributed by atoms with Crippen molar-refractivity contribution < 1.29 is 0 Å². The molecule has 0 radical (unpaired) electrons. The van der Waals surface area contributed by atoms with Gasteiger partial charge in [-0.3, -0.25) is 4.99 Å². The number of nitrogens with two attached hydrogens (primary N) is 1. The third-order valence-corrected chi connectivity index (χ3v) is 2.63. The van der Waals surface area contributed by atoms with Crippen LogP contribution in [0.25, 0.3) is 0 Å². The molecule has 0 aromatic carbocycles. The Bertz CT molecular complexity index is 251. The Hall–Kier alpha value is -0.320. The van der Waals surface area contributed by atoms with Crippen LogP contribution in [-0.2, 0) is 0 Å². The molecule has 0 saturated carbocycles. The summed E-state index contributed by atoms with van der Waals surface area (Å²) >= 11 is 2.31. The van der Waals surface area contributed by atoms with Gasteiger partial charge >= 0.3 is 0 Å². The normalized spacial score (nSPS) is 27.6. The van der Waals surface area contributed by atoms with E-state index in [1.54, 1.807) is 0 Å². The average molecular weight is 276 g/mol. The van der Waals surface area contributed by atoms with Crippen LogP contribution in [0.3, 0.4) is 0 Å². The van der Waals surface area contributed by atoms with E-state index >= 15 is 0 Å². The minimum atomic E-state index is 0.0845. The summed E-state index contributed by atoms with van der Waals surface area (Å²) in [5.41, 5.74) is 5.35. The number of nitrogens with zero attached hydrogens (tertiary/aromatic N) is 1. The van der Waals surface area contributed by atoms with E-state index in [1.165, 1.54) is 9.92 Å². The van der Waals surface area contributed by atoms with E-state index in [0.717, 1.165) is 0 Å². The van der Waals surface area contributed by atoms with Crippen molar-refractivity contribution in [3.05, 3.63) is 21.8 Å². The largest absolute Gasteiger partial charge is 0.390 e. The lowest BCUT2D eigenvalue weighted by Crippen LogP contribution is -2.26. The number of allylic oxidation sites excluding steroid dienone is 2. The summed E-state index contributed by atoms with van der Waals surface area (Å²) in [4.78, 5) is 4.19. The molecule has 0 bridgehead atoms. The third-order valence-electron chi connectivity index (χ3n) is 1.96. The fourth-order valence-corrected chi connectivity index (χ4v) is 2.26. The topological polar surface area (TPSA) is 38.4 Å². The van der Waals surface area contributed by atoms with Crippen LogP contribution in [0.1, 0.15) is 13.8 Å². The summed E-state index contributed by atoms with van der Waals surface area (Å²) < 4.78 is 1.26. The van der Waals surface area contributed by atoms with Crippen LogP contribution in [0.4, 0.5) is 0 Å². The summed E-state index contributed by atoms with van der Waals surface area (Å²) in [6.45, 7) is 4.32. The monoisotopic (exact) mass is 276 g/mol. The van der Waals surface area contributed by atoms with Crippen molar-refractivity contribution in [2.24, 2.45) is 16.1 Å². The highest BCUT2D eigenvalue weighted by atomic mass is 127. The van der Waals surface area contributed by atoms with Crippen LogP contribution in [0.15, 0.2) is 26.8 Å². The van der Waals surface area contributed by atoms with Gasteiger partial charge in [-0.2, -0.15) is 0 Å². The molecule has 3 heteroatoms. The van der Waals surface area contributed by atoms with Gasteiger partial charge in [0.15, 0.2) is 0 Å². The van der Waals surface area contributed by atoms with E-state index < -0.39 is 0 Å². The van der Waals surface area contributed by atoms with E-state index in [0.29, 0.717) is 0 Å². The predicted molar refractivity (Wildman–Crippen MR) is 61.5 cm³/mol. The van der Waals surface area contributed by atoms with Gasteiger partial charge in [0, 0.05) is 8.99 Å². The molecule has 0 saturated heterocycles. The summed E-state index contributed by atoms with van der Waals surface area (Å²) in [6, 6.07) is 0.181. The molecule has 2 nitrogen and oxygen atoms in total. The first-order valence-corrected chi connectivity index (χ1v) is 4.94. The standard InChI is InChI=1S/C9H13IN2/c1-9(2)5-7(10)3-4-8(9)12-6-11/h3-6,8H,1-2H3,(H2,11,12). The zero-order valence-corrected chi connectivity index (χ0v) is 9.45. The molecule has 0 heterocycles. The Kier molecular flexibility index (Phi) is 2.93. The molecule has 1 unspecified atom stereocenters. The number of halogens is 1. The molecule has 0 aliphatic heterocycles. The Morgan fingerprint density at radius 1 is 1.67 bits per heavy atom. The fourth-order valence-electron chi connectivity index (χ4n) is 1.25. The highest BCUT2D eigenvalue weighted by Crippen LogP contribution is 2.33. The Labute approximate surface area is 86.8 Å². The zero-order chi connectivity index (χ0) is 9.19. The van der Waals surface area contributed by atoms with Crippen LogP contribution in [0, 0.1) is 5.41 Å².